The van der Waals surface area contributed by atoms with E-state index < -0.39 is 0 Å². The number of benzene rings is 1. The smallest absolute Gasteiger partial charge is 0.227 e. The van der Waals surface area contributed by atoms with E-state index in [1.165, 1.54) is 0 Å². The lowest BCUT2D eigenvalue weighted by atomic mass is 9.91. The van der Waals surface area contributed by atoms with Crippen molar-refractivity contribution in [3.63, 3.8) is 0 Å². The summed E-state index contributed by atoms with van der Waals surface area (Å²) in [5.74, 6) is 6.98. The molecule has 128 valence electrons. The van der Waals surface area contributed by atoms with Crippen LogP contribution in [0.2, 0.25) is 0 Å². The summed E-state index contributed by atoms with van der Waals surface area (Å²) in [4.78, 5) is 15.0. The molecular weight excluding hydrogens is 296 g/mol. The summed E-state index contributed by atoms with van der Waals surface area (Å²) in [6, 6.07) is 10.0. The summed E-state index contributed by atoms with van der Waals surface area (Å²) in [6.45, 7) is 5.69. The quantitative estimate of drug-likeness (QED) is 0.844. The van der Waals surface area contributed by atoms with Gasteiger partial charge in [-0.25, -0.2) is 0 Å². The van der Waals surface area contributed by atoms with Crippen LogP contribution in [-0.4, -0.2) is 37.0 Å². The van der Waals surface area contributed by atoms with E-state index in [4.69, 9.17) is 0 Å². The molecule has 3 rings (SSSR count). The van der Waals surface area contributed by atoms with Crippen molar-refractivity contribution in [2.45, 2.75) is 39.0 Å². The van der Waals surface area contributed by atoms with E-state index in [-0.39, 0.29) is 5.92 Å². The van der Waals surface area contributed by atoms with E-state index in [1.54, 1.807) is 0 Å². The van der Waals surface area contributed by atoms with Gasteiger partial charge in [-0.05, 0) is 56.3 Å². The number of carbonyl (C=O) groups is 1. The number of nitrogens with zero attached hydrogens (tertiary/aromatic N) is 1. The maximum absolute atomic E-state index is 13.0. The Hall–Kier alpha value is -1.79. The van der Waals surface area contributed by atoms with E-state index in [0.29, 0.717) is 17.9 Å². The summed E-state index contributed by atoms with van der Waals surface area (Å²) in [5.41, 5.74) is 1.32. The lowest BCUT2D eigenvalue weighted by Gasteiger charge is -2.26. The lowest BCUT2D eigenvalue weighted by molar-refractivity contribution is -0.133. The Labute approximate surface area is 145 Å². The Morgan fingerprint density at radius 2 is 2.04 bits per heavy atom. The van der Waals surface area contributed by atoms with Gasteiger partial charge in [-0.2, -0.15) is 0 Å². The summed E-state index contributed by atoms with van der Waals surface area (Å²) in [6.07, 6.45) is 5.55. The highest BCUT2D eigenvalue weighted by molar-refractivity contribution is 5.83. The Morgan fingerprint density at radius 1 is 1.29 bits per heavy atom. The SMILES string of the molecule is CCCCN(CC#Cc1ccccc1)C(=O)[C@@H]1CC12CCNCC2. The third-order valence-corrected chi connectivity index (χ3v) is 5.46. The molecule has 0 radical (unpaired) electrons. The zero-order valence-corrected chi connectivity index (χ0v) is 14.7. The average Bonchev–Trinajstić information content (AvgIpc) is 3.31. The Kier molecular flexibility index (Phi) is 5.58. The third-order valence-electron chi connectivity index (χ3n) is 5.46. The molecule has 0 aromatic heterocycles. The zero-order valence-electron chi connectivity index (χ0n) is 14.7. The molecule has 2 aliphatic rings. The average molecular weight is 324 g/mol. The minimum absolute atomic E-state index is 0.245. The molecule has 24 heavy (non-hydrogen) atoms. The van der Waals surface area contributed by atoms with Gasteiger partial charge in [0.25, 0.3) is 0 Å². The van der Waals surface area contributed by atoms with Crippen molar-refractivity contribution in [2.75, 3.05) is 26.2 Å². The van der Waals surface area contributed by atoms with Crippen LogP contribution in [0.15, 0.2) is 30.3 Å². The molecule has 1 spiro atoms. The van der Waals surface area contributed by atoms with E-state index in [1.807, 2.05) is 35.2 Å². The Balaban J connectivity index is 1.61. The fourth-order valence-corrected chi connectivity index (χ4v) is 3.77. The molecule has 3 heteroatoms. The van der Waals surface area contributed by atoms with Crippen molar-refractivity contribution in [1.29, 1.82) is 0 Å². The molecule has 0 unspecified atom stereocenters. The Bertz CT molecular complexity index is 608. The van der Waals surface area contributed by atoms with Crippen LogP contribution in [0.3, 0.4) is 0 Å². The van der Waals surface area contributed by atoms with Crippen LogP contribution in [0.4, 0.5) is 0 Å². The van der Waals surface area contributed by atoms with E-state index in [2.05, 4.69) is 24.1 Å². The maximum Gasteiger partial charge on any atom is 0.227 e. The first kappa shape index (κ1) is 17.0. The van der Waals surface area contributed by atoms with Crippen LogP contribution in [0.5, 0.6) is 0 Å². The van der Waals surface area contributed by atoms with Crippen molar-refractivity contribution in [3.8, 4) is 11.8 Å². The van der Waals surface area contributed by atoms with Crippen molar-refractivity contribution >= 4 is 5.91 Å². The van der Waals surface area contributed by atoms with Crippen LogP contribution >= 0.6 is 0 Å². The van der Waals surface area contributed by atoms with Gasteiger partial charge >= 0.3 is 0 Å². The molecule has 1 aliphatic heterocycles. The fourth-order valence-electron chi connectivity index (χ4n) is 3.77. The highest BCUT2D eigenvalue weighted by Gasteiger charge is 2.58. The van der Waals surface area contributed by atoms with Crippen LogP contribution < -0.4 is 5.32 Å². The van der Waals surface area contributed by atoms with Gasteiger partial charge in [0.15, 0.2) is 0 Å². The molecule has 1 aliphatic carbocycles. The minimum atomic E-state index is 0.245. The molecular formula is C21H28N2O. The first-order valence-electron chi connectivity index (χ1n) is 9.28. The van der Waals surface area contributed by atoms with Gasteiger partial charge in [0.1, 0.15) is 0 Å². The summed E-state index contributed by atoms with van der Waals surface area (Å²) < 4.78 is 0. The molecule has 0 bridgehead atoms. The van der Waals surface area contributed by atoms with Gasteiger partial charge in [0, 0.05) is 18.0 Å². The molecule has 1 aromatic carbocycles. The molecule has 1 saturated carbocycles. The van der Waals surface area contributed by atoms with E-state index in [9.17, 15) is 4.79 Å². The molecule has 1 atom stereocenters. The number of piperidine rings is 1. The second kappa shape index (κ2) is 7.85. The number of rotatable bonds is 5. The van der Waals surface area contributed by atoms with E-state index in [0.717, 1.165) is 57.3 Å². The predicted molar refractivity (Wildman–Crippen MR) is 97.5 cm³/mol. The number of unbranched alkanes of at least 4 members (excludes halogenated alkanes) is 1. The first-order chi connectivity index (χ1) is 11.7. The highest BCUT2D eigenvalue weighted by Crippen LogP contribution is 2.59. The molecule has 1 heterocycles. The summed E-state index contributed by atoms with van der Waals surface area (Å²) in [7, 11) is 0. The van der Waals surface area contributed by atoms with Crippen LogP contribution in [0.25, 0.3) is 0 Å². The number of hydrogen-bond donors (Lipinski definition) is 1. The summed E-state index contributed by atoms with van der Waals surface area (Å²) in [5, 5.41) is 3.41. The molecule has 1 saturated heterocycles. The van der Waals surface area contributed by atoms with Gasteiger partial charge < -0.3 is 10.2 Å². The number of carbonyl (C=O) groups excluding carboxylic acids is 1. The molecule has 3 nitrogen and oxygen atoms in total. The third kappa shape index (κ3) is 3.99. The maximum atomic E-state index is 13.0. The number of amides is 1. The van der Waals surface area contributed by atoms with Gasteiger partial charge in [-0.15, -0.1) is 0 Å². The minimum Gasteiger partial charge on any atom is -0.331 e. The second-order valence-electron chi connectivity index (χ2n) is 7.15. The Morgan fingerprint density at radius 3 is 2.75 bits per heavy atom. The van der Waals surface area contributed by atoms with Gasteiger partial charge in [0.05, 0.1) is 6.54 Å². The normalized spacial score (nSPS) is 21.0. The fraction of sp³-hybridized carbons (Fsp3) is 0.571. The number of nitrogens with one attached hydrogen (secondary N) is 1. The molecule has 1 aromatic rings. The lowest BCUT2D eigenvalue weighted by Crippen LogP contribution is -2.37. The van der Waals surface area contributed by atoms with Gasteiger partial charge in [0.2, 0.25) is 5.91 Å². The van der Waals surface area contributed by atoms with Crippen molar-refractivity contribution in [1.82, 2.24) is 10.2 Å². The van der Waals surface area contributed by atoms with Crippen LogP contribution in [-0.2, 0) is 4.79 Å². The molecule has 1 amide bonds. The van der Waals surface area contributed by atoms with E-state index >= 15 is 0 Å². The van der Waals surface area contributed by atoms with Gasteiger partial charge in [-0.1, -0.05) is 43.4 Å². The molecule has 2 fully saturated rings. The molecule has 1 N–H and O–H groups in total. The van der Waals surface area contributed by atoms with Crippen LogP contribution in [0.1, 0.15) is 44.6 Å². The standard InChI is InChI=1S/C21H28N2O/c1-2-3-15-23(16-7-10-18-8-5-4-6-9-18)20(24)19-17-21(19)11-13-22-14-12-21/h4-6,8-9,19,22H,2-3,11-17H2,1H3/t19-/m0/s1. The van der Waals surface area contributed by atoms with Crippen molar-refractivity contribution in [2.24, 2.45) is 11.3 Å². The first-order valence-corrected chi connectivity index (χ1v) is 9.28. The van der Waals surface area contributed by atoms with Gasteiger partial charge in [-0.3, -0.25) is 4.79 Å². The number of hydrogen-bond acceptors (Lipinski definition) is 2. The monoisotopic (exact) mass is 324 g/mol. The zero-order chi connectivity index (χ0) is 16.8. The summed E-state index contributed by atoms with van der Waals surface area (Å²) >= 11 is 0. The largest absolute Gasteiger partial charge is 0.331 e. The highest BCUT2D eigenvalue weighted by atomic mass is 16.2. The van der Waals surface area contributed by atoms with Crippen molar-refractivity contribution < 1.29 is 4.79 Å². The predicted octanol–water partition coefficient (Wildman–Crippen LogP) is 3.06. The topological polar surface area (TPSA) is 32.3 Å². The second-order valence-corrected chi connectivity index (χ2v) is 7.15. The van der Waals surface area contributed by atoms with Crippen LogP contribution in [0, 0.1) is 23.2 Å². The van der Waals surface area contributed by atoms with Crippen molar-refractivity contribution in [3.05, 3.63) is 35.9 Å².